The Bertz CT molecular complexity index is 672. The minimum atomic E-state index is -3.42. The van der Waals surface area contributed by atoms with Gasteiger partial charge in [0.25, 0.3) is 0 Å². The maximum absolute atomic E-state index is 12.7. The first-order valence-electron chi connectivity index (χ1n) is 6.60. The average molecular weight is 311 g/mol. The maximum Gasteiger partial charge on any atom is 0.246 e. The molecule has 7 heteroatoms. The topological polar surface area (TPSA) is 55.2 Å². The first-order valence-corrected chi connectivity index (χ1v) is 8.92. The van der Waals surface area contributed by atoms with E-state index in [0.717, 1.165) is 19.3 Å². The molecule has 5 nitrogen and oxygen atoms in total. The Hall–Kier alpha value is -1.18. The molecule has 0 bridgehead atoms. The van der Waals surface area contributed by atoms with Crippen LogP contribution < -0.4 is 0 Å². The van der Waals surface area contributed by atoms with E-state index < -0.39 is 10.0 Å². The lowest BCUT2D eigenvalue weighted by Gasteiger charge is -2.20. The molecule has 0 saturated heterocycles. The lowest BCUT2D eigenvalue weighted by atomic mass is 10.3. The van der Waals surface area contributed by atoms with Gasteiger partial charge in [-0.3, -0.25) is 4.68 Å². The molecule has 1 fully saturated rings. The molecule has 1 saturated carbocycles. The summed E-state index contributed by atoms with van der Waals surface area (Å²) in [6.07, 6.45) is 5.69. The van der Waals surface area contributed by atoms with Crippen molar-refractivity contribution in [2.75, 3.05) is 6.54 Å². The van der Waals surface area contributed by atoms with Crippen LogP contribution in [0.15, 0.2) is 34.8 Å². The minimum absolute atomic E-state index is 0.167. The Morgan fingerprint density at radius 1 is 1.50 bits per heavy atom. The van der Waals surface area contributed by atoms with Gasteiger partial charge in [0.05, 0.1) is 6.20 Å². The van der Waals surface area contributed by atoms with Gasteiger partial charge in [-0.2, -0.15) is 9.40 Å². The average Bonchev–Trinajstić information content (AvgIpc) is 2.90. The van der Waals surface area contributed by atoms with Gasteiger partial charge < -0.3 is 0 Å². The van der Waals surface area contributed by atoms with Gasteiger partial charge in [-0.25, -0.2) is 8.42 Å². The fourth-order valence-corrected chi connectivity index (χ4v) is 4.57. The molecule has 2 aromatic rings. The van der Waals surface area contributed by atoms with Gasteiger partial charge in [-0.15, -0.1) is 11.3 Å². The third-order valence-corrected chi connectivity index (χ3v) is 6.24. The molecular weight excluding hydrogens is 294 g/mol. The minimum Gasteiger partial charge on any atom is -0.274 e. The van der Waals surface area contributed by atoms with Crippen molar-refractivity contribution in [3.05, 3.63) is 34.8 Å². The molecule has 0 N–H and O–H groups in total. The van der Waals surface area contributed by atoms with Crippen LogP contribution in [-0.2, 0) is 23.5 Å². The standard InChI is InChI=1S/C13H17N3O2S2/c1-15-10-13(9-14-15)20(17,18)16(11-4-5-11)7-6-12-3-2-8-19-12/h2-3,8-11H,4-7H2,1H3. The Morgan fingerprint density at radius 2 is 2.30 bits per heavy atom. The highest BCUT2D eigenvalue weighted by molar-refractivity contribution is 7.89. The lowest BCUT2D eigenvalue weighted by Crippen LogP contribution is -2.34. The number of rotatable bonds is 6. The molecule has 0 unspecified atom stereocenters. The van der Waals surface area contributed by atoms with Crippen molar-refractivity contribution >= 4 is 21.4 Å². The molecule has 0 radical (unpaired) electrons. The summed E-state index contributed by atoms with van der Waals surface area (Å²) >= 11 is 1.67. The maximum atomic E-state index is 12.7. The Labute approximate surface area is 122 Å². The lowest BCUT2D eigenvalue weighted by molar-refractivity contribution is 0.408. The van der Waals surface area contributed by atoms with Crippen LogP contribution in [0.4, 0.5) is 0 Å². The number of sulfonamides is 1. The fourth-order valence-electron chi connectivity index (χ4n) is 2.20. The predicted octanol–water partition coefficient (Wildman–Crippen LogP) is 1.88. The zero-order valence-electron chi connectivity index (χ0n) is 11.3. The summed E-state index contributed by atoms with van der Waals surface area (Å²) in [7, 11) is -1.69. The molecule has 0 aromatic carbocycles. The van der Waals surface area contributed by atoms with Crippen molar-refractivity contribution in [2.45, 2.75) is 30.2 Å². The van der Waals surface area contributed by atoms with Crippen molar-refractivity contribution in [3.63, 3.8) is 0 Å². The first-order chi connectivity index (χ1) is 9.57. The summed E-state index contributed by atoms with van der Waals surface area (Å²) in [6.45, 7) is 0.544. The van der Waals surface area contributed by atoms with Crippen LogP contribution in [0.1, 0.15) is 17.7 Å². The summed E-state index contributed by atoms with van der Waals surface area (Å²) in [5.41, 5.74) is 0. The van der Waals surface area contributed by atoms with Gasteiger partial charge in [-0.1, -0.05) is 6.07 Å². The van der Waals surface area contributed by atoms with E-state index in [2.05, 4.69) is 5.10 Å². The first kappa shape index (κ1) is 13.8. The molecule has 1 aliphatic carbocycles. The molecule has 2 heterocycles. The van der Waals surface area contributed by atoms with Crippen LogP contribution in [-0.4, -0.2) is 35.1 Å². The van der Waals surface area contributed by atoms with Gasteiger partial charge >= 0.3 is 0 Å². The summed E-state index contributed by atoms with van der Waals surface area (Å²) in [4.78, 5) is 1.51. The number of aromatic nitrogens is 2. The highest BCUT2D eigenvalue weighted by Gasteiger charge is 2.38. The van der Waals surface area contributed by atoms with Gasteiger partial charge in [-0.05, 0) is 30.7 Å². The number of hydrogen-bond donors (Lipinski definition) is 0. The molecule has 0 amide bonds. The number of thiophene rings is 1. The highest BCUT2D eigenvalue weighted by atomic mass is 32.2. The van der Waals surface area contributed by atoms with Crippen molar-refractivity contribution in [1.82, 2.24) is 14.1 Å². The van der Waals surface area contributed by atoms with Gasteiger partial charge in [0.15, 0.2) is 0 Å². The third kappa shape index (κ3) is 2.79. The Morgan fingerprint density at radius 3 is 2.85 bits per heavy atom. The van der Waals surface area contributed by atoms with E-state index in [1.807, 2.05) is 17.5 Å². The smallest absolute Gasteiger partial charge is 0.246 e. The van der Waals surface area contributed by atoms with E-state index in [4.69, 9.17) is 0 Å². The van der Waals surface area contributed by atoms with E-state index >= 15 is 0 Å². The summed E-state index contributed by atoms with van der Waals surface area (Å²) < 4.78 is 28.5. The fraction of sp³-hybridized carbons (Fsp3) is 0.462. The largest absolute Gasteiger partial charge is 0.274 e. The summed E-state index contributed by atoms with van der Waals surface area (Å²) in [5.74, 6) is 0. The molecule has 108 valence electrons. The molecule has 20 heavy (non-hydrogen) atoms. The zero-order valence-corrected chi connectivity index (χ0v) is 12.9. The Kier molecular flexibility index (Phi) is 3.66. The van der Waals surface area contributed by atoms with Crippen LogP contribution in [0.25, 0.3) is 0 Å². The molecule has 3 rings (SSSR count). The number of nitrogens with zero attached hydrogens (tertiary/aromatic N) is 3. The normalized spacial score (nSPS) is 15.9. The van der Waals surface area contributed by atoms with Crippen molar-refractivity contribution < 1.29 is 8.42 Å². The van der Waals surface area contributed by atoms with Gasteiger partial charge in [0, 0.05) is 30.7 Å². The van der Waals surface area contributed by atoms with Gasteiger partial charge in [0.1, 0.15) is 4.90 Å². The van der Waals surface area contributed by atoms with E-state index in [1.54, 1.807) is 28.9 Å². The molecule has 0 spiro atoms. The zero-order chi connectivity index (χ0) is 14.2. The van der Waals surface area contributed by atoms with Crippen LogP contribution in [0.2, 0.25) is 0 Å². The number of hydrogen-bond acceptors (Lipinski definition) is 4. The van der Waals surface area contributed by atoms with E-state index in [0.29, 0.717) is 6.54 Å². The van der Waals surface area contributed by atoms with Crippen LogP contribution in [0.5, 0.6) is 0 Å². The molecule has 2 aromatic heterocycles. The van der Waals surface area contributed by atoms with Crippen molar-refractivity contribution in [2.24, 2.45) is 7.05 Å². The van der Waals surface area contributed by atoms with Gasteiger partial charge in [0.2, 0.25) is 10.0 Å². The summed E-state index contributed by atoms with van der Waals surface area (Å²) in [5, 5.41) is 5.99. The number of aryl methyl sites for hydroxylation is 1. The van der Waals surface area contributed by atoms with Crippen LogP contribution in [0, 0.1) is 0 Å². The highest BCUT2D eigenvalue weighted by Crippen LogP contribution is 2.32. The Balaban J connectivity index is 1.79. The molecule has 0 aliphatic heterocycles. The molecule has 1 aliphatic rings. The van der Waals surface area contributed by atoms with Crippen molar-refractivity contribution in [3.8, 4) is 0 Å². The quantitative estimate of drug-likeness (QED) is 0.818. The van der Waals surface area contributed by atoms with E-state index in [-0.39, 0.29) is 10.9 Å². The van der Waals surface area contributed by atoms with Crippen LogP contribution >= 0.6 is 11.3 Å². The van der Waals surface area contributed by atoms with Crippen molar-refractivity contribution in [1.29, 1.82) is 0 Å². The predicted molar refractivity (Wildman–Crippen MR) is 78.1 cm³/mol. The van der Waals surface area contributed by atoms with E-state index in [1.165, 1.54) is 15.8 Å². The second-order valence-electron chi connectivity index (χ2n) is 5.03. The third-order valence-electron chi connectivity index (χ3n) is 3.40. The summed E-state index contributed by atoms with van der Waals surface area (Å²) in [6, 6.07) is 4.21. The monoisotopic (exact) mass is 311 g/mol. The molecule has 0 atom stereocenters. The molecular formula is C13H17N3O2S2. The SMILES string of the molecule is Cn1cc(S(=O)(=O)N(CCc2cccs2)C2CC2)cn1. The second kappa shape index (κ2) is 5.31. The van der Waals surface area contributed by atoms with Crippen LogP contribution in [0.3, 0.4) is 0 Å². The van der Waals surface area contributed by atoms with E-state index in [9.17, 15) is 8.42 Å². The second-order valence-corrected chi connectivity index (χ2v) is 7.95.